The monoisotopic (exact) mass is 2120 g/mol. The van der Waals surface area contributed by atoms with Crippen LogP contribution in [0.3, 0.4) is 0 Å². The number of carboxylic acid groups (broad SMARTS) is 2. The third-order valence-electron chi connectivity index (χ3n) is 21.3. The Hall–Kier alpha value is -16.9. The van der Waals surface area contributed by atoms with Crippen LogP contribution in [0.25, 0.3) is 22.7 Å². The van der Waals surface area contributed by atoms with E-state index in [0.717, 1.165) is 112 Å². The summed E-state index contributed by atoms with van der Waals surface area (Å²) in [7, 11) is 3.48. The number of hydrogen-bond acceptors (Lipinski definition) is 23. The number of carboxylic acids is 2. The normalized spacial score (nSPS) is 10.5. The molecule has 15 rings (SSSR count). The Morgan fingerprint density at radius 2 is 0.631 bits per heavy atom. The molecule has 0 spiro atoms. The van der Waals surface area contributed by atoms with Crippen LogP contribution in [0.1, 0.15) is 163 Å². The standard InChI is InChI=1S/C23H22ClFN2O2.C22H20ClFN2O3.C21H18ClFN2O3.C19H17ClN2O2.C8H6FNO4.C8H8FNO2.C7H4FNO4/c1-3-23(29)21-10-7-16(13-22(21)25)12-20(28)9-8-19-11-15(2)26-27(19)18-6-4-5-17(24)14-18;1-14-10-18(26(25-14)17-5-3-4-16(23)13-17)7-8-19(27)11-15-6-9-20(21(24)12-15)22(28)29-2;1-13-9-17(25(24-13)16-4-2-3-15(22)12-16)6-7-18(26)10-14-5-8-19(21(27)28)20(23)11-14;1-14-12-17(22(21-14)16-7-5-6-15(20)13-16)10-11-19(23)24-18-8-3-2-4-9-18;1-14-8(11)6-3-2-5(10(12)13)4-7(6)9;1-12-8(11)6-3-2-5(10)4-7(6)9;8-6-3-4(9(12)13)1-2-5(6)7(10)11/h4-7,10-11,13-14H,3,8-9,12H2,1-2H3;3-6,9-10,12-13H,7-8,11H2,1-2H3;2-5,8-9,11-12H,6-7,10H2,1H3,(H,27,28);2-9,12-13H,10-11H2,1H3;2-4H,1H3;2-4H,10H2,1H3;1-3H,(H,10,11). The molecular formula is C108H95Cl4F6N11O20. The number of carbonyl (C=O) groups excluding carboxylic acids is 8. The highest BCUT2D eigenvalue weighted by Gasteiger charge is 2.24. The van der Waals surface area contributed by atoms with Crippen molar-refractivity contribution in [2.75, 3.05) is 27.1 Å². The van der Waals surface area contributed by atoms with E-state index in [4.69, 9.17) is 67.1 Å². The molecule has 0 saturated carbocycles. The number of nitro benzene ring substituents is 2. The predicted octanol–water partition coefficient (Wildman–Crippen LogP) is 22.7. The quantitative estimate of drug-likeness (QED) is 0.00515. The van der Waals surface area contributed by atoms with Crippen molar-refractivity contribution >= 4 is 122 Å². The fraction of sp³-hybridized carbons (Fsp3) is 0.185. The first-order valence-corrected chi connectivity index (χ1v) is 46.5. The molecule has 149 heavy (non-hydrogen) atoms. The number of Topliss-reactive ketones (excluding diaryl/α,β-unsaturated/α-hetero) is 4. The number of anilines is 1. The number of nitrogens with zero attached hydrogens (tertiary/aromatic N) is 10. The van der Waals surface area contributed by atoms with Crippen LogP contribution >= 0.6 is 46.4 Å². The van der Waals surface area contributed by atoms with Gasteiger partial charge in [-0.05, 0) is 240 Å². The smallest absolute Gasteiger partial charge is 0.340 e. The average molecular weight is 2120 g/mol. The molecule has 0 aliphatic carbocycles. The van der Waals surface area contributed by atoms with Gasteiger partial charge in [0.05, 0.1) is 129 Å². The molecule has 31 nitrogen and oxygen atoms in total. The largest absolute Gasteiger partial charge is 0.478 e. The number of ether oxygens (including phenoxy) is 4. The van der Waals surface area contributed by atoms with E-state index in [-0.39, 0.29) is 102 Å². The summed E-state index contributed by atoms with van der Waals surface area (Å²) in [6, 6.07) is 67.4. The predicted molar refractivity (Wildman–Crippen MR) is 543 cm³/mol. The van der Waals surface area contributed by atoms with E-state index in [0.29, 0.717) is 86.8 Å². The number of nitro groups is 2. The molecule has 0 unspecified atom stereocenters. The average Bonchev–Trinajstić information content (AvgIpc) is 1.69. The molecule has 0 aliphatic rings. The molecule has 4 N–H and O–H groups in total. The van der Waals surface area contributed by atoms with Gasteiger partial charge in [-0.3, -0.25) is 44.2 Å². The van der Waals surface area contributed by atoms with Gasteiger partial charge >= 0.3 is 35.8 Å². The maximum absolute atomic E-state index is 14.1. The highest BCUT2D eigenvalue weighted by molar-refractivity contribution is 6.31. The number of halogens is 10. The zero-order valence-electron chi connectivity index (χ0n) is 80.9. The van der Waals surface area contributed by atoms with Gasteiger partial charge in [0.1, 0.15) is 58.0 Å². The molecule has 0 atom stereocenters. The Bertz CT molecular complexity index is 7260. The number of ketones is 4. The van der Waals surface area contributed by atoms with Gasteiger partial charge < -0.3 is 34.9 Å². The number of methoxy groups -OCH3 is 3. The van der Waals surface area contributed by atoms with Crippen LogP contribution < -0.4 is 10.5 Å². The third kappa shape index (κ3) is 35.2. The van der Waals surface area contributed by atoms with Crippen molar-refractivity contribution < 1.29 is 113 Å². The molecule has 11 aromatic carbocycles. The first-order valence-electron chi connectivity index (χ1n) is 45.0. The van der Waals surface area contributed by atoms with Crippen molar-refractivity contribution in [2.24, 2.45) is 0 Å². The highest BCUT2D eigenvalue weighted by atomic mass is 35.5. The minimum atomic E-state index is -1.45. The number of benzene rings is 11. The van der Waals surface area contributed by atoms with Gasteiger partial charge in [0, 0.05) is 112 Å². The second kappa shape index (κ2) is 56.0. The number of aromatic carboxylic acids is 2. The Balaban J connectivity index is 0.000000198. The number of carbonyl (C=O) groups is 10. The number of para-hydroxylation sites is 1. The number of aromatic nitrogens is 8. The van der Waals surface area contributed by atoms with Gasteiger partial charge in [-0.15, -0.1) is 0 Å². The topological polar surface area (TPSA) is 432 Å². The third-order valence-corrected chi connectivity index (χ3v) is 22.2. The van der Waals surface area contributed by atoms with E-state index in [1.165, 1.54) is 62.8 Å². The number of nitrogens with two attached hydrogens (primary N) is 1. The molecule has 0 saturated heterocycles. The SMILES string of the molecule is CCC(=O)c1ccc(CC(=O)CCc2cc(C)nn2-c2cccc(Cl)c2)cc1F.COC(=O)c1ccc(CC(=O)CCc2cc(C)nn2-c2cccc(Cl)c2)cc1F.COC(=O)c1ccc(N)cc1F.COC(=O)c1ccc([N+](=O)[O-])cc1F.Cc1cc(CCC(=O)Cc2ccc(C(=O)O)c(F)c2)n(-c2cccc(Cl)c2)n1.Cc1cc(CCC(=O)Oc2ccccc2)n(-c2cccc(Cl)c2)n1.O=C(O)c1ccc([N+](=O)[O-])cc1F. The lowest BCUT2D eigenvalue weighted by atomic mass is 10.0. The maximum atomic E-state index is 14.1. The van der Waals surface area contributed by atoms with Crippen molar-refractivity contribution in [3.63, 3.8) is 0 Å². The van der Waals surface area contributed by atoms with Gasteiger partial charge in [-0.1, -0.05) is 114 Å². The number of esters is 4. The fourth-order valence-electron chi connectivity index (χ4n) is 14.3. The first kappa shape index (κ1) is 116. The lowest BCUT2D eigenvalue weighted by molar-refractivity contribution is -0.385. The molecule has 41 heteroatoms. The second-order valence-corrected chi connectivity index (χ2v) is 34.2. The van der Waals surface area contributed by atoms with Gasteiger partial charge in [-0.25, -0.2) is 69.0 Å². The zero-order valence-corrected chi connectivity index (χ0v) is 83.9. The van der Waals surface area contributed by atoms with Gasteiger partial charge in [-0.2, -0.15) is 20.4 Å². The van der Waals surface area contributed by atoms with Gasteiger partial charge in [0.2, 0.25) is 0 Å². The number of non-ortho nitro benzene ring substituents is 2. The van der Waals surface area contributed by atoms with Crippen molar-refractivity contribution in [1.82, 2.24) is 39.1 Å². The summed E-state index contributed by atoms with van der Waals surface area (Å²) in [4.78, 5) is 134. The summed E-state index contributed by atoms with van der Waals surface area (Å²) in [5.41, 5.74) is 15.1. The first-order chi connectivity index (χ1) is 70.9. The minimum absolute atomic E-state index is 0.00420. The summed E-state index contributed by atoms with van der Waals surface area (Å²) in [5.74, 6) is -10.0. The molecule has 0 radical (unpaired) electrons. The van der Waals surface area contributed by atoms with E-state index in [1.807, 2.05) is 148 Å². The highest BCUT2D eigenvalue weighted by Crippen LogP contribution is 2.28. The van der Waals surface area contributed by atoms with Crippen LogP contribution in [0.15, 0.2) is 261 Å². The molecule has 0 aliphatic heterocycles. The van der Waals surface area contributed by atoms with E-state index in [9.17, 15) is 94.5 Å². The Labute approximate surface area is 868 Å². The summed E-state index contributed by atoms with van der Waals surface area (Å²) < 4.78 is 106. The Kier molecular flexibility index (Phi) is 43.5. The van der Waals surface area contributed by atoms with Crippen molar-refractivity contribution in [2.45, 2.75) is 112 Å². The van der Waals surface area contributed by atoms with Gasteiger partial charge in [0.15, 0.2) is 5.78 Å². The summed E-state index contributed by atoms with van der Waals surface area (Å²) in [5, 5.41) is 58.0. The lowest BCUT2D eigenvalue weighted by Crippen LogP contribution is -2.11. The van der Waals surface area contributed by atoms with Crippen LogP contribution in [0.4, 0.5) is 43.4 Å². The van der Waals surface area contributed by atoms with E-state index < -0.39 is 97.1 Å². The van der Waals surface area contributed by atoms with Crippen LogP contribution in [-0.2, 0) is 78.3 Å². The zero-order chi connectivity index (χ0) is 109. The fourth-order valence-corrected chi connectivity index (χ4v) is 15.0. The van der Waals surface area contributed by atoms with E-state index in [2.05, 4.69) is 34.6 Å². The number of aryl methyl sites for hydroxylation is 8. The molecule has 4 aromatic heterocycles. The molecule has 15 aromatic rings. The van der Waals surface area contributed by atoms with Crippen LogP contribution in [0.5, 0.6) is 5.75 Å². The molecule has 0 bridgehead atoms. The molecular weight excluding hydrogens is 2030 g/mol. The van der Waals surface area contributed by atoms with Crippen molar-refractivity contribution in [3.05, 3.63) is 432 Å². The van der Waals surface area contributed by atoms with Gasteiger partial charge in [0.25, 0.3) is 11.4 Å². The van der Waals surface area contributed by atoms with Crippen molar-refractivity contribution in [1.29, 1.82) is 0 Å². The molecule has 4 heterocycles. The van der Waals surface area contributed by atoms with Crippen LogP contribution in [0.2, 0.25) is 20.1 Å². The molecule has 0 fully saturated rings. The van der Waals surface area contributed by atoms with Crippen LogP contribution in [0, 0.1) is 82.8 Å². The number of hydrogen-bond donors (Lipinski definition) is 3. The van der Waals surface area contributed by atoms with Crippen LogP contribution in [-0.4, -0.2) is 139 Å². The second-order valence-electron chi connectivity index (χ2n) is 32.5. The van der Waals surface area contributed by atoms with Crippen molar-refractivity contribution in [3.8, 4) is 28.5 Å². The van der Waals surface area contributed by atoms with E-state index in [1.54, 1.807) is 69.5 Å². The maximum Gasteiger partial charge on any atom is 0.340 e. The summed E-state index contributed by atoms with van der Waals surface area (Å²) >= 11 is 24.3. The number of rotatable bonds is 32. The Morgan fingerprint density at radius 3 is 0.913 bits per heavy atom. The molecule has 0 amide bonds. The lowest BCUT2D eigenvalue weighted by Gasteiger charge is -2.08. The Morgan fingerprint density at radius 1 is 0.349 bits per heavy atom. The molecule has 772 valence electrons. The summed E-state index contributed by atoms with van der Waals surface area (Å²) in [6.45, 7) is 9.27. The van der Waals surface area contributed by atoms with E-state index >= 15 is 0 Å². The minimum Gasteiger partial charge on any atom is -0.478 e. The summed E-state index contributed by atoms with van der Waals surface area (Å²) in [6.07, 6.45) is 3.65. The number of nitrogen functional groups attached to an aromatic ring is 1.